The number of nitrogens with zero attached hydrogens (tertiary/aromatic N) is 1. The molecule has 6 nitrogen and oxygen atoms in total. The summed E-state index contributed by atoms with van der Waals surface area (Å²) in [7, 11) is 0. The SMILES string of the molecule is CC(C)(CN)C(=O)Nc1cccc(N2CCNC2=O)c1.Cl. The van der Waals surface area contributed by atoms with Crippen LogP contribution >= 0.6 is 12.4 Å². The van der Waals surface area contributed by atoms with Crippen molar-refractivity contribution in [3.63, 3.8) is 0 Å². The lowest BCUT2D eigenvalue weighted by molar-refractivity contribution is -0.123. The maximum atomic E-state index is 12.1. The summed E-state index contributed by atoms with van der Waals surface area (Å²) in [5.74, 6) is -0.136. The Bertz CT molecular complexity index is 533. The Kier molecular flexibility index (Phi) is 5.57. The maximum Gasteiger partial charge on any atom is 0.321 e. The van der Waals surface area contributed by atoms with Gasteiger partial charge in [0.15, 0.2) is 0 Å². The van der Waals surface area contributed by atoms with E-state index in [1.54, 1.807) is 30.9 Å². The molecule has 2 rings (SSSR count). The predicted molar refractivity (Wildman–Crippen MR) is 85.9 cm³/mol. The van der Waals surface area contributed by atoms with Crippen LogP contribution in [-0.4, -0.2) is 31.6 Å². The number of carbonyl (C=O) groups is 2. The van der Waals surface area contributed by atoms with E-state index in [-0.39, 0.29) is 30.9 Å². The Morgan fingerprint density at radius 3 is 2.76 bits per heavy atom. The number of amides is 3. The van der Waals surface area contributed by atoms with E-state index in [0.29, 0.717) is 18.8 Å². The van der Waals surface area contributed by atoms with Gasteiger partial charge in [-0.05, 0) is 32.0 Å². The Hall–Kier alpha value is -1.79. The largest absolute Gasteiger partial charge is 0.336 e. The molecule has 0 unspecified atom stereocenters. The van der Waals surface area contributed by atoms with Crippen LogP contribution in [0.5, 0.6) is 0 Å². The highest BCUT2D eigenvalue weighted by atomic mass is 35.5. The normalized spacial score (nSPS) is 14.4. The Labute approximate surface area is 130 Å². The molecule has 21 heavy (non-hydrogen) atoms. The van der Waals surface area contributed by atoms with Crippen LogP contribution in [0.25, 0.3) is 0 Å². The van der Waals surface area contributed by atoms with Gasteiger partial charge in [-0.15, -0.1) is 12.4 Å². The van der Waals surface area contributed by atoms with Crippen molar-refractivity contribution >= 4 is 35.7 Å². The average Bonchev–Trinajstić information content (AvgIpc) is 2.85. The standard InChI is InChI=1S/C14H20N4O2.ClH/c1-14(2,9-15)12(19)17-10-4-3-5-11(8-10)18-7-6-16-13(18)20;/h3-5,8H,6-7,9,15H2,1-2H3,(H,16,20)(H,17,19);1H. The Morgan fingerprint density at radius 1 is 1.48 bits per heavy atom. The topological polar surface area (TPSA) is 87.5 Å². The quantitative estimate of drug-likeness (QED) is 0.788. The number of nitrogens with two attached hydrogens (primary N) is 1. The lowest BCUT2D eigenvalue weighted by atomic mass is 9.92. The van der Waals surface area contributed by atoms with Crippen LogP contribution in [0.15, 0.2) is 24.3 Å². The number of hydrogen-bond donors (Lipinski definition) is 3. The van der Waals surface area contributed by atoms with Gasteiger partial charge < -0.3 is 16.4 Å². The van der Waals surface area contributed by atoms with Crippen LogP contribution in [0, 0.1) is 5.41 Å². The van der Waals surface area contributed by atoms with Crippen LogP contribution in [0.4, 0.5) is 16.2 Å². The first kappa shape index (κ1) is 17.3. The molecule has 4 N–H and O–H groups in total. The molecule has 1 aliphatic heterocycles. The first-order chi connectivity index (χ1) is 9.44. The van der Waals surface area contributed by atoms with E-state index in [2.05, 4.69) is 10.6 Å². The smallest absolute Gasteiger partial charge is 0.321 e. The van der Waals surface area contributed by atoms with E-state index in [0.717, 1.165) is 5.69 Å². The monoisotopic (exact) mass is 312 g/mol. The number of halogens is 1. The Balaban J connectivity index is 0.00000220. The summed E-state index contributed by atoms with van der Waals surface area (Å²) < 4.78 is 0. The number of urea groups is 1. The van der Waals surface area contributed by atoms with Gasteiger partial charge in [0, 0.05) is 31.0 Å². The summed E-state index contributed by atoms with van der Waals surface area (Å²) in [6.45, 7) is 5.12. The van der Waals surface area contributed by atoms with Crippen LogP contribution in [0.3, 0.4) is 0 Å². The number of carbonyl (C=O) groups excluding carboxylic acids is 2. The van der Waals surface area contributed by atoms with E-state index in [1.165, 1.54) is 0 Å². The zero-order valence-electron chi connectivity index (χ0n) is 12.2. The van der Waals surface area contributed by atoms with Gasteiger partial charge in [-0.2, -0.15) is 0 Å². The molecule has 1 saturated heterocycles. The van der Waals surface area contributed by atoms with Gasteiger partial charge in [-0.3, -0.25) is 9.69 Å². The summed E-state index contributed by atoms with van der Waals surface area (Å²) in [6, 6.07) is 7.12. The summed E-state index contributed by atoms with van der Waals surface area (Å²) in [5, 5.41) is 5.58. The third-order valence-electron chi connectivity index (χ3n) is 3.40. The lowest BCUT2D eigenvalue weighted by Gasteiger charge is -2.22. The highest BCUT2D eigenvalue weighted by Gasteiger charge is 2.26. The fourth-order valence-corrected chi connectivity index (χ4v) is 1.86. The second kappa shape index (κ2) is 6.78. The van der Waals surface area contributed by atoms with Crippen LogP contribution < -0.4 is 21.3 Å². The van der Waals surface area contributed by atoms with Gasteiger partial charge in [0.1, 0.15) is 0 Å². The van der Waals surface area contributed by atoms with Gasteiger partial charge in [0.25, 0.3) is 0 Å². The van der Waals surface area contributed by atoms with Crippen molar-refractivity contribution in [2.24, 2.45) is 11.1 Å². The third-order valence-corrected chi connectivity index (χ3v) is 3.40. The van der Waals surface area contributed by atoms with Crippen molar-refractivity contribution in [1.29, 1.82) is 0 Å². The molecule has 0 aliphatic carbocycles. The van der Waals surface area contributed by atoms with Crippen molar-refractivity contribution in [2.75, 3.05) is 29.9 Å². The average molecular weight is 313 g/mol. The molecule has 1 fully saturated rings. The minimum absolute atomic E-state index is 0. The molecule has 1 aromatic rings. The molecule has 0 spiro atoms. The number of nitrogens with one attached hydrogen (secondary N) is 2. The maximum absolute atomic E-state index is 12.1. The van der Waals surface area contributed by atoms with Gasteiger partial charge in [-0.1, -0.05) is 6.07 Å². The Morgan fingerprint density at radius 2 is 2.19 bits per heavy atom. The van der Waals surface area contributed by atoms with Crippen molar-refractivity contribution in [3.05, 3.63) is 24.3 Å². The van der Waals surface area contributed by atoms with Crippen molar-refractivity contribution in [3.8, 4) is 0 Å². The molecule has 0 atom stereocenters. The van der Waals surface area contributed by atoms with E-state index in [1.807, 2.05) is 12.1 Å². The van der Waals surface area contributed by atoms with E-state index < -0.39 is 5.41 Å². The molecule has 0 bridgehead atoms. The predicted octanol–water partition coefficient (Wildman–Crippen LogP) is 1.56. The highest BCUT2D eigenvalue weighted by Crippen LogP contribution is 2.23. The van der Waals surface area contributed by atoms with Gasteiger partial charge in [0.05, 0.1) is 5.41 Å². The minimum atomic E-state index is -0.624. The highest BCUT2D eigenvalue weighted by molar-refractivity contribution is 5.97. The van der Waals surface area contributed by atoms with Gasteiger partial charge >= 0.3 is 6.03 Å². The molecular weight excluding hydrogens is 292 g/mol. The first-order valence-corrected chi connectivity index (χ1v) is 6.61. The fraction of sp³-hybridized carbons (Fsp3) is 0.429. The van der Waals surface area contributed by atoms with E-state index in [9.17, 15) is 9.59 Å². The van der Waals surface area contributed by atoms with Gasteiger partial charge in [0.2, 0.25) is 5.91 Å². The summed E-state index contributed by atoms with van der Waals surface area (Å²) in [5.41, 5.74) is 6.39. The van der Waals surface area contributed by atoms with E-state index in [4.69, 9.17) is 5.73 Å². The number of hydrogen-bond acceptors (Lipinski definition) is 3. The molecule has 7 heteroatoms. The molecule has 3 amide bonds. The molecular formula is C14H21ClN4O2. The second-order valence-corrected chi connectivity index (χ2v) is 5.48. The molecule has 0 saturated carbocycles. The minimum Gasteiger partial charge on any atom is -0.336 e. The zero-order valence-corrected chi connectivity index (χ0v) is 13.0. The molecule has 1 aliphatic rings. The number of rotatable bonds is 4. The van der Waals surface area contributed by atoms with Crippen LogP contribution in [-0.2, 0) is 4.79 Å². The van der Waals surface area contributed by atoms with Crippen molar-refractivity contribution < 1.29 is 9.59 Å². The first-order valence-electron chi connectivity index (χ1n) is 6.61. The van der Waals surface area contributed by atoms with Crippen molar-refractivity contribution in [1.82, 2.24) is 5.32 Å². The molecule has 1 heterocycles. The number of benzene rings is 1. The van der Waals surface area contributed by atoms with Crippen LogP contribution in [0.1, 0.15) is 13.8 Å². The van der Waals surface area contributed by atoms with Gasteiger partial charge in [-0.25, -0.2) is 4.79 Å². The third kappa shape index (κ3) is 3.86. The molecule has 116 valence electrons. The summed E-state index contributed by atoms with van der Waals surface area (Å²) in [4.78, 5) is 25.3. The zero-order chi connectivity index (χ0) is 14.8. The van der Waals surface area contributed by atoms with E-state index >= 15 is 0 Å². The second-order valence-electron chi connectivity index (χ2n) is 5.48. The lowest BCUT2D eigenvalue weighted by Crippen LogP contribution is -2.37. The summed E-state index contributed by atoms with van der Waals surface area (Å²) in [6.07, 6.45) is 0. The number of anilines is 2. The fourth-order valence-electron chi connectivity index (χ4n) is 1.86. The van der Waals surface area contributed by atoms with Crippen molar-refractivity contribution in [2.45, 2.75) is 13.8 Å². The molecule has 1 aromatic carbocycles. The van der Waals surface area contributed by atoms with Crippen LogP contribution in [0.2, 0.25) is 0 Å². The summed E-state index contributed by atoms with van der Waals surface area (Å²) >= 11 is 0. The molecule has 0 aromatic heterocycles. The molecule has 0 radical (unpaired) electrons.